The fourth-order valence-electron chi connectivity index (χ4n) is 2.43. The Hall–Kier alpha value is -2.70. The van der Waals surface area contributed by atoms with Gasteiger partial charge in [0.05, 0.1) is 17.5 Å². The summed E-state index contributed by atoms with van der Waals surface area (Å²) < 4.78 is 15.2. The molecule has 0 fully saturated rings. The van der Waals surface area contributed by atoms with E-state index >= 15 is 0 Å². The Morgan fingerprint density at radius 1 is 1.33 bits per heavy atom. The Kier molecular flexibility index (Phi) is 5.33. The van der Waals surface area contributed by atoms with Gasteiger partial charge < -0.3 is 10.4 Å². The van der Waals surface area contributed by atoms with Gasteiger partial charge in [-0.05, 0) is 31.4 Å². The molecular formula is C17H20FN3O3. The molecule has 0 aliphatic rings. The Morgan fingerprint density at radius 3 is 2.58 bits per heavy atom. The topological polar surface area (TPSA) is 84.2 Å². The number of aromatic nitrogens is 2. The first-order chi connectivity index (χ1) is 11.3. The van der Waals surface area contributed by atoms with E-state index in [1.54, 1.807) is 25.1 Å². The third-order valence-electron chi connectivity index (χ3n) is 3.65. The maximum Gasteiger partial charge on any atom is 0.326 e. The van der Waals surface area contributed by atoms with Crippen molar-refractivity contribution in [3.63, 3.8) is 0 Å². The number of hydrogen-bond acceptors (Lipinski definition) is 3. The van der Waals surface area contributed by atoms with Crippen LogP contribution in [0.3, 0.4) is 0 Å². The van der Waals surface area contributed by atoms with Crippen molar-refractivity contribution < 1.29 is 19.1 Å². The second-order valence-corrected chi connectivity index (χ2v) is 6.00. The number of carboxylic acid groups (broad SMARTS) is 1. The molecule has 0 bridgehead atoms. The molecule has 0 saturated carbocycles. The zero-order valence-corrected chi connectivity index (χ0v) is 13.8. The van der Waals surface area contributed by atoms with E-state index in [0.717, 1.165) is 0 Å². The van der Waals surface area contributed by atoms with Crippen LogP contribution in [0.4, 0.5) is 4.39 Å². The minimum atomic E-state index is -1.09. The zero-order valence-electron chi connectivity index (χ0n) is 13.8. The van der Waals surface area contributed by atoms with Gasteiger partial charge in [0, 0.05) is 0 Å². The van der Waals surface area contributed by atoms with Crippen LogP contribution in [0, 0.1) is 18.7 Å². The molecule has 128 valence electrons. The van der Waals surface area contributed by atoms with Gasteiger partial charge in [0.1, 0.15) is 17.5 Å². The van der Waals surface area contributed by atoms with Gasteiger partial charge in [-0.15, -0.1) is 0 Å². The second kappa shape index (κ2) is 7.25. The highest BCUT2D eigenvalue weighted by atomic mass is 19.1. The van der Waals surface area contributed by atoms with E-state index in [0.29, 0.717) is 12.1 Å². The number of hydrogen-bond donors (Lipinski definition) is 2. The van der Waals surface area contributed by atoms with Gasteiger partial charge in [0.15, 0.2) is 0 Å². The molecule has 1 amide bonds. The molecule has 7 heteroatoms. The Balaban J connectivity index is 2.26. The first-order valence-corrected chi connectivity index (χ1v) is 7.64. The standard InChI is InChI=1S/C17H20FN3O3/c1-10(2)8-14(17(23)24)20-16(22)12-9-19-21(11(12)3)15-7-5-4-6-13(15)18/h4-7,9-10,14H,8H2,1-3H3,(H,20,22)(H,23,24)/t14-/m1/s1. The van der Waals surface area contributed by atoms with Crippen LogP contribution in [0.5, 0.6) is 0 Å². The van der Waals surface area contributed by atoms with Crippen LogP contribution < -0.4 is 5.32 Å². The van der Waals surface area contributed by atoms with Gasteiger partial charge in [-0.25, -0.2) is 13.9 Å². The molecule has 0 saturated heterocycles. The first-order valence-electron chi connectivity index (χ1n) is 7.64. The number of halogens is 1. The monoisotopic (exact) mass is 333 g/mol. The van der Waals surface area contributed by atoms with Gasteiger partial charge in [-0.1, -0.05) is 26.0 Å². The highest BCUT2D eigenvalue weighted by molar-refractivity contribution is 5.97. The van der Waals surface area contributed by atoms with Crippen LogP contribution in [0.25, 0.3) is 5.69 Å². The largest absolute Gasteiger partial charge is 0.480 e. The molecule has 2 rings (SSSR count). The summed E-state index contributed by atoms with van der Waals surface area (Å²) in [5, 5.41) is 15.8. The van der Waals surface area contributed by atoms with Crippen molar-refractivity contribution in [2.45, 2.75) is 33.2 Å². The fraction of sp³-hybridized carbons (Fsp3) is 0.353. The van der Waals surface area contributed by atoms with E-state index in [4.69, 9.17) is 0 Å². The highest BCUT2D eigenvalue weighted by Crippen LogP contribution is 2.17. The van der Waals surface area contributed by atoms with Crippen molar-refractivity contribution >= 4 is 11.9 Å². The van der Waals surface area contributed by atoms with E-state index in [-0.39, 0.29) is 17.2 Å². The van der Waals surface area contributed by atoms with Crippen molar-refractivity contribution in [2.24, 2.45) is 5.92 Å². The second-order valence-electron chi connectivity index (χ2n) is 6.00. The third kappa shape index (κ3) is 3.79. The minimum absolute atomic E-state index is 0.119. The molecular weight excluding hydrogens is 313 g/mol. The maximum atomic E-state index is 13.9. The molecule has 24 heavy (non-hydrogen) atoms. The maximum absolute atomic E-state index is 13.9. The lowest BCUT2D eigenvalue weighted by atomic mass is 10.0. The van der Waals surface area contributed by atoms with Crippen LogP contribution in [-0.4, -0.2) is 32.8 Å². The summed E-state index contributed by atoms with van der Waals surface area (Å²) in [7, 11) is 0. The van der Waals surface area contributed by atoms with Crippen LogP contribution in [0.15, 0.2) is 30.5 Å². The average Bonchev–Trinajstić information content (AvgIpc) is 2.88. The summed E-state index contributed by atoms with van der Waals surface area (Å²) in [6.07, 6.45) is 1.63. The molecule has 1 atom stereocenters. The minimum Gasteiger partial charge on any atom is -0.480 e. The first kappa shape index (κ1) is 17.7. The Morgan fingerprint density at radius 2 is 2.00 bits per heavy atom. The molecule has 2 aromatic rings. The Bertz CT molecular complexity index is 755. The van der Waals surface area contributed by atoms with E-state index in [2.05, 4.69) is 10.4 Å². The summed E-state index contributed by atoms with van der Waals surface area (Å²) in [5.41, 5.74) is 0.880. The van der Waals surface area contributed by atoms with Crippen LogP contribution in [0.1, 0.15) is 36.3 Å². The molecule has 0 aliphatic heterocycles. The molecule has 1 heterocycles. The number of nitrogens with zero attached hydrogens (tertiary/aromatic N) is 2. The van der Waals surface area contributed by atoms with Crippen molar-refractivity contribution in [1.29, 1.82) is 0 Å². The smallest absolute Gasteiger partial charge is 0.326 e. The predicted octanol–water partition coefficient (Wildman–Crippen LogP) is 2.55. The highest BCUT2D eigenvalue weighted by Gasteiger charge is 2.24. The van der Waals surface area contributed by atoms with Gasteiger partial charge in [0.2, 0.25) is 0 Å². The average molecular weight is 333 g/mol. The van der Waals surface area contributed by atoms with Crippen molar-refractivity contribution in [3.05, 3.63) is 47.5 Å². The SMILES string of the molecule is Cc1c(C(=O)N[C@H](CC(C)C)C(=O)O)cnn1-c1ccccc1F. The lowest BCUT2D eigenvalue weighted by Gasteiger charge is -2.16. The van der Waals surface area contributed by atoms with Gasteiger partial charge in [-0.3, -0.25) is 4.79 Å². The number of benzene rings is 1. The van der Waals surface area contributed by atoms with E-state index in [9.17, 15) is 19.1 Å². The molecule has 6 nitrogen and oxygen atoms in total. The van der Waals surface area contributed by atoms with E-state index in [1.165, 1.54) is 16.9 Å². The molecule has 1 aromatic heterocycles. The number of carboxylic acids is 1. The number of carbonyl (C=O) groups excluding carboxylic acids is 1. The number of amides is 1. The van der Waals surface area contributed by atoms with Crippen molar-refractivity contribution in [2.75, 3.05) is 0 Å². The summed E-state index contributed by atoms with van der Waals surface area (Å²) in [6, 6.07) is 5.11. The summed E-state index contributed by atoms with van der Waals surface area (Å²) in [6.45, 7) is 5.39. The molecule has 0 spiro atoms. The molecule has 1 aromatic carbocycles. The number of nitrogens with one attached hydrogen (secondary N) is 1. The quantitative estimate of drug-likeness (QED) is 0.851. The number of carbonyl (C=O) groups is 2. The van der Waals surface area contributed by atoms with Gasteiger partial charge in [-0.2, -0.15) is 5.10 Å². The zero-order chi connectivity index (χ0) is 17.9. The van der Waals surface area contributed by atoms with Crippen LogP contribution in [0.2, 0.25) is 0 Å². The number of para-hydroxylation sites is 1. The Labute approximate surface area is 139 Å². The van der Waals surface area contributed by atoms with Crippen molar-refractivity contribution in [1.82, 2.24) is 15.1 Å². The predicted molar refractivity (Wildman–Crippen MR) is 86.6 cm³/mol. The molecule has 0 unspecified atom stereocenters. The van der Waals surface area contributed by atoms with Crippen LogP contribution >= 0.6 is 0 Å². The fourth-order valence-corrected chi connectivity index (χ4v) is 2.43. The van der Waals surface area contributed by atoms with Crippen LogP contribution in [-0.2, 0) is 4.79 Å². The normalized spacial score (nSPS) is 12.2. The molecule has 0 radical (unpaired) electrons. The molecule has 2 N–H and O–H groups in total. The van der Waals surface area contributed by atoms with Gasteiger partial charge >= 0.3 is 5.97 Å². The number of aliphatic carboxylic acids is 1. The van der Waals surface area contributed by atoms with E-state index in [1.807, 2.05) is 13.8 Å². The number of rotatable bonds is 6. The lowest BCUT2D eigenvalue weighted by molar-refractivity contribution is -0.139. The summed E-state index contributed by atoms with van der Waals surface area (Å²) in [4.78, 5) is 23.6. The molecule has 0 aliphatic carbocycles. The van der Waals surface area contributed by atoms with E-state index < -0.39 is 23.7 Å². The third-order valence-corrected chi connectivity index (χ3v) is 3.65. The summed E-state index contributed by atoms with van der Waals surface area (Å²) in [5.74, 6) is -1.97. The lowest BCUT2D eigenvalue weighted by Crippen LogP contribution is -2.41. The van der Waals surface area contributed by atoms with Gasteiger partial charge in [0.25, 0.3) is 5.91 Å². The van der Waals surface area contributed by atoms with Crippen molar-refractivity contribution in [3.8, 4) is 5.69 Å². The summed E-state index contributed by atoms with van der Waals surface area (Å²) >= 11 is 0.